The average Bonchev–Trinajstić information content (AvgIpc) is 2.54. The number of pyridine rings is 1. The van der Waals surface area contributed by atoms with Gasteiger partial charge in [-0.15, -0.1) is 0 Å². The second-order valence-electron chi connectivity index (χ2n) is 5.39. The standard InChI is InChI=1S/C19H19Cl2NO/c1-3-4-5-8-18-16(7-6-11-22-18)19(23)13(2)15-10-9-14(20)12-17(15)21/h6-7,9-13,19,23H,3-4H2,1-2H3. The number of halogens is 2. The van der Waals surface area contributed by atoms with E-state index >= 15 is 0 Å². The lowest BCUT2D eigenvalue weighted by Gasteiger charge is -2.21. The zero-order valence-corrected chi connectivity index (χ0v) is 14.7. The van der Waals surface area contributed by atoms with Crippen molar-refractivity contribution in [2.24, 2.45) is 0 Å². The van der Waals surface area contributed by atoms with E-state index < -0.39 is 6.10 Å². The van der Waals surface area contributed by atoms with Crippen molar-refractivity contribution in [1.29, 1.82) is 0 Å². The molecule has 2 rings (SSSR count). The molecule has 1 heterocycles. The Balaban J connectivity index is 2.33. The monoisotopic (exact) mass is 347 g/mol. The maximum absolute atomic E-state index is 10.8. The highest BCUT2D eigenvalue weighted by Gasteiger charge is 2.22. The van der Waals surface area contributed by atoms with E-state index in [1.165, 1.54) is 0 Å². The Bertz CT molecular complexity index is 734. The Morgan fingerprint density at radius 2 is 2.00 bits per heavy atom. The van der Waals surface area contributed by atoms with Crippen LogP contribution in [0.3, 0.4) is 0 Å². The smallest absolute Gasteiger partial charge is 0.118 e. The van der Waals surface area contributed by atoms with E-state index in [4.69, 9.17) is 23.2 Å². The van der Waals surface area contributed by atoms with Crippen LogP contribution in [-0.2, 0) is 0 Å². The molecule has 0 bridgehead atoms. The molecule has 0 fully saturated rings. The van der Waals surface area contributed by atoms with Crippen molar-refractivity contribution in [3.8, 4) is 11.8 Å². The van der Waals surface area contributed by atoms with Gasteiger partial charge in [0.15, 0.2) is 0 Å². The number of aliphatic hydroxyl groups is 1. The first kappa shape index (κ1) is 17.8. The Morgan fingerprint density at radius 3 is 2.70 bits per heavy atom. The van der Waals surface area contributed by atoms with Crippen molar-refractivity contribution < 1.29 is 5.11 Å². The summed E-state index contributed by atoms with van der Waals surface area (Å²) in [4.78, 5) is 4.30. The van der Waals surface area contributed by atoms with E-state index in [9.17, 15) is 5.11 Å². The zero-order chi connectivity index (χ0) is 16.8. The van der Waals surface area contributed by atoms with Crippen LogP contribution in [0, 0.1) is 11.8 Å². The molecular formula is C19H19Cl2NO. The van der Waals surface area contributed by atoms with Crippen molar-refractivity contribution >= 4 is 23.2 Å². The normalized spacial score (nSPS) is 13.1. The fourth-order valence-corrected chi connectivity index (χ4v) is 2.92. The first-order chi connectivity index (χ1) is 11.0. The third-order valence-electron chi connectivity index (χ3n) is 3.67. The van der Waals surface area contributed by atoms with Gasteiger partial charge in [-0.05, 0) is 36.1 Å². The van der Waals surface area contributed by atoms with Gasteiger partial charge in [0, 0.05) is 34.1 Å². The molecule has 23 heavy (non-hydrogen) atoms. The number of hydrogen-bond donors (Lipinski definition) is 1. The first-order valence-electron chi connectivity index (χ1n) is 7.61. The Hall–Kier alpha value is -1.53. The zero-order valence-electron chi connectivity index (χ0n) is 13.2. The van der Waals surface area contributed by atoms with Crippen LogP contribution in [0.4, 0.5) is 0 Å². The number of aromatic nitrogens is 1. The number of nitrogens with zero attached hydrogens (tertiary/aromatic N) is 1. The lowest BCUT2D eigenvalue weighted by Crippen LogP contribution is -2.10. The van der Waals surface area contributed by atoms with Crippen molar-refractivity contribution in [1.82, 2.24) is 4.98 Å². The first-order valence-corrected chi connectivity index (χ1v) is 8.37. The lowest BCUT2D eigenvalue weighted by molar-refractivity contribution is 0.151. The summed E-state index contributed by atoms with van der Waals surface area (Å²) in [6, 6.07) is 8.97. The summed E-state index contributed by atoms with van der Waals surface area (Å²) in [5, 5.41) is 11.9. The fourth-order valence-electron chi connectivity index (χ4n) is 2.34. The SMILES string of the molecule is CCCC#Cc1ncccc1C(O)C(C)c1ccc(Cl)cc1Cl. The summed E-state index contributed by atoms with van der Waals surface area (Å²) in [7, 11) is 0. The highest BCUT2D eigenvalue weighted by molar-refractivity contribution is 6.35. The molecule has 2 unspecified atom stereocenters. The predicted molar refractivity (Wildman–Crippen MR) is 95.9 cm³/mol. The minimum absolute atomic E-state index is 0.198. The van der Waals surface area contributed by atoms with E-state index in [1.807, 2.05) is 19.1 Å². The summed E-state index contributed by atoms with van der Waals surface area (Å²) in [5.41, 5.74) is 2.18. The van der Waals surface area contributed by atoms with Gasteiger partial charge in [-0.1, -0.05) is 55.1 Å². The molecule has 4 heteroatoms. The van der Waals surface area contributed by atoms with Gasteiger partial charge in [-0.25, -0.2) is 4.98 Å². The molecule has 0 amide bonds. The van der Waals surface area contributed by atoms with Gasteiger partial charge in [0.2, 0.25) is 0 Å². The molecule has 2 aromatic rings. The Kier molecular flexibility index (Phi) is 6.47. The topological polar surface area (TPSA) is 33.1 Å². The molecule has 2 nitrogen and oxygen atoms in total. The molecule has 1 N–H and O–H groups in total. The molecular weight excluding hydrogens is 329 g/mol. The van der Waals surface area contributed by atoms with E-state index in [-0.39, 0.29) is 5.92 Å². The van der Waals surface area contributed by atoms with E-state index in [1.54, 1.807) is 24.4 Å². The molecule has 0 aliphatic rings. The molecule has 0 aliphatic heterocycles. The van der Waals surface area contributed by atoms with Crippen LogP contribution in [0.1, 0.15) is 55.5 Å². The number of hydrogen-bond acceptors (Lipinski definition) is 2. The predicted octanol–water partition coefficient (Wildman–Crippen LogP) is 5.38. The van der Waals surface area contributed by atoms with Crippen LogP contribution >= 0.6 is 23.2 Å². The average molecular weight is 348 g/mol. The lowest BCUT2D eigenvalue weighted by atomic mass is 9.90. The number of aliphatic hydroxyl groups excluding tert-OH is 1. The Labute approximate surface area is 147 Å². The van der Waals surface area contributed by atoms with E-state index in [0.29, 0.717) is 15.7 Å². The van der Waals surface area contributed by atoms with Crippen LogP contribution in [0.25, 0.3) is 0 Å². The van der Waals surface area contributed by atoms with Crippen molar-refractivity contribution in [2.45, 2.75) is 38.7 Å². The van der Waals surface area contributed by atoms with Crippen LogP contribution in [0.5, 0.6) is 0 Å². The summed E-state index contributed by atoms with van der Waals surface area (Å²) < 4.78 is 0. The number of benzene rings is 1. The summed E-state index contributed by atoms with van der Waals surface area (Å²) in [6.45, 7) is 4.00. The minimum Gasteiger partial charge on any atom is -0.388 e. The van der Waals surface area contributed by atoms with Gasteiger partial charge < -0.3 is 5.11 Å². The minimum atomic E-state index is -0.742. The molecule has 0 radical (unpaired) electrons. The van der Waals surface area contributed by atoms with Crippen LogP contribution < -0.4 is 0 Å². The summed E-state index contributed by atoms with van der Waals surface area (Å²) in [6.07, 6.45) is 2.75. The maximum Gasteiger partial charge on any atom is 0.118 e. The Morgan fingerprint density at radius 1 is 1.22 bits per heavy atom. The van der Waals surface area contributed by atoms with Gasteiger partial charge >= 0.3 is 0 Å². The van der Waals surface area contributed by atoms with Gasteiger partial charge in [0.05, 0.1) is 6.10 Å². The summed E-state index contributed by atoms with van der Waals surface area (Å²) in [5.74, 6) is 5.93. The molecule has 2 atom stereocenters. The molecule has 1 aromatic heterocycles. The van der Waals surface area contributed by atoms with Gasteiger partial charge in [-0.2, -0.15) is 0 Å². The third kappa shape index (κ3) is 4.48. The van der Waals surface area contributed by atoms with Crippen molar-refractivity contribution in [3.63, 3.8) is 0 Å². The molecule has 120 valence electrons. The van der Waals surface area contributed by atoms with Gasteiger partial charge in [0.1, 0.15) is 5.69 Å². The van der Waals surface area contributed by atoms with Crippen molar-refractivity contribution in [3.05, 3.63) is 63.4 Å². The molecule has 0 aliphatic carbocycles. The summed E-state index contributed by atoms with van der Waals surface area (Å²) >= 11 is 12.2. The van der Waals surface area contributed by atoms with Gasteiger partial charge in [-0.3, -0.25) is 0 Å². The van der Waals surface area contributed by atoms with Gasteiger partial charge in [0.25, 0.3) is 0 Å². The second-order valence-corrected chi connectivity index (χ2v) is 6.24. The van der Waals surface area contributed by atoms with E-state index in [2.05, 4.69) is 23.7 Å². The highest BCUT2D eigenvalue weighted by atomic mass is 35.5. The highest BCUT2D eigenvalue weighted by Crippen LogP contribution is 2.36. The quantitative estimate of drug-likeness (QED) is 0.753. The molecule has 0 spiro atoms. The molecule has 1 aromatic carbocycles. The van der Waals surface area contributed by atoms with Crippen LogP contribution in [0.15, 0.2) is 36.5 Å². The largest absolute Gasteiger partial charge is 0.388 e. The van der Waals surface area contributed by atoms with E-state index in [0.717, 1.165) is 24.0 Å². The fraction of sp³-hybridized carbons (Fsp3) is 0.316. The third-order valence-corrected chi connectivity index (χ3v) is 4.23. The van der Waals surface area contributed by atoms with Crippen molar-refractivity contribution in [2.75, 3.05) is 0 Å². The van der Waals surface area contributed by atoms with Crippen LogP contribution in [-0.4, -0.2) is 10.1 Å². The maximum atomic E-state index is 10.8. The molecule has 0 saturated heterocycles. The second kappa shape index (κ2) is 8.36. The van der Waals surface area contributed by atoms with Crippen LogP contribution in [0.2, 0.25) is 10.0 Å². The number of unbranched alkanes of at least 4 members (excludes halogenated alkanes) is 1. The molecule has 0 saturated carbocycles. The number of rotatable bonds is 4.